The van der Waals surface area contributed by atoms with Gasteiger partial charge in [0, 0.05) is 12.4 Å². The summed E-state index contributed by atoms with van der Waals surface area (Å²) in [6, 6.07) is 1.45. The molecule has 0 aromatic carbocycles. The molecule has 7 nitrogen and oxygen atoms in total. The van der Waals surface area contributed by atoms with Gasteiger partial charge in [-0.05, 0) is 19.9 Å². The molecule has 1 unspecified atom stereocenters. The van der Waals surface area contributed by atoms with Gasteiger partial charge in [0.05, 0.1) is 18.4 Å². The molecule has 0 fully saturated rings. The number of carbonyl (C=O) groups is 1. The molecule has 0 aliphatic carbocycles. The van der Waals surface area contributed by atoms with Gasteiger partial charge in [0.1, 0.15) is 11.0 Å². The number of amides is 1. The fourth-order valence-corrected chi connectivity index (χ4v) is 2.63. The molecular weight excluding hydrogens is 276 g/mol. The Morgan fingerprint density at radius 1 is 1.55 bits per heavy atom. The molecule has 8 heteroatoms. The number of hydrogen-bond acceptors (Lipinski definition) is 5. The Morgan fingerprint density at radius 2 is 2.40 bits per heavy atom. The van der Waals surface area contributed by atoms with E-state index in [0.717, 1.165) is 15.7 Å². The molecule has 0 radical (unpaired) electrons. The van der Waals surface area contributed by atoms with Gasteiger partial charge in [0.25, 0.3) is 0 Å². The minimum atomic E-state index is -0.339. The van der Waals surface area contributed by atoms with Crippen molar-refractivity contribution < 1.29 is 4.79 Å². The van der Waals surface area contributed by atoms with E-state index in [-0.39, 0.29) is 11.9 Å². The third-order valence-corrected chi connectivity index (χ3v) is 3.78. The molecule has 0 spiro atoms. The Kier molecular flexibility index (Phi) is 3.23. The van der Waals surface area contributed by atoms with Crippen molar-refractivity contribution in [2.75, 3.05) is 0 Å². The van der Waals surface area contributed by atoms with Crippen LogP contribution in [0.1, 0.15) is 23.7 Å². The highest BCUT2D eigenvalue weighted by Gasteiger charge is 2.15. The van der Waals surface area contributed by atoms with E-state index < -0.39 is 0 Å². The van der Waals surface area contributed by atoms with Crippen molar-refractivity contribution in [3.63, 3.8) is 0 Å². The summed E-state index contributed by atoms with van der Waals surface area (Å²) in [5.41, 5.74) is 0.796. The van der Waals surface area contributed by atoms with Gasteiger partial charge in [0.2, 0.25) is 10.9 Å². The predicted molar refractivity (Wildman–Crippen MR) is 74.4 cm³/mol. The van der Waals surface area contributed by atoms with E-state index in [0.29, 0.717) is 6.54 Å². The second-order valence-electron chi connectivity index (χ2n) is 4.46. The van der Waals surface area contributed by atoms with Crippen molar-refractivity contribution in [1.29, 1.82) is 0 Å². The summed E-state index contributed by atoms with van der Waals surface area (Å²) in [4.78, 5) is 17.3. The number of aryl methyl sites for hydroxylation is 1. The van der Waals surface area contributed by atoms with Crippen LogP contribution >= 0.6 is 11.3 Å². The largest absolute Gasteiger partial charge is 0.349 e. The van der Waals surface area contributed by atoms with Crippen molar-refractivity contribution in [3.8, 4) is 0 Å². The summed E-state index contributed by atoms with van der Waals surface area (Å²) in [7, 11) is 0. The molecule has 104 valence electrons. The normalized spacial score (nSPS) is 12.7. The van der Waals surface area contributed by atoms with Gasteiger partial charge in [-0.2, -0.15) is 10.2 Å². The van der Waals surface area contributed by atoms with Crippen LogP contribution in [0, 0.1) is 6.92 Å². The van der Waals surface area contributed by atoms with Crippen LogP contribution in [0.15, 0.2) is 24.7 Å². The van der Waals surface area contributed by atoms with E-state index in [1.807, 2.05) is 13.1 Å². The van der Waals surface area contributed by atoms with E-state index in [2.05, 4.69) is 20.5 Å². The highest BCUT2D eigenvalue weighted by atomic mass is 32.1. The highest BCUT2D eigenvalue weighted by molar-refractivity contribution is 7.16. The lowest BCUT2D eigenvalue weighted by Crippen LogP contribution is -2.30. The SMILES string of the molecule is Cc1nn2cc(CNC(=O)C(C)n3cccn3)nc2s1. The smallest absolute Gasteiger partial charge is 0.244 e. The van der Waals surface area contributed by atoms with Crippen LogP contribution in [0.4, 0.5) is 0 Å². The molecular formula is C12H14N6OS. The quantitative estimate of drug-likeness (QED) is 0.782. The third kappa shape index (κ3) is 2.42. The van der Waals surface area contributed by atoms with Gasteiger partial charge in [0.15, 0.2) is 0 Å². The molecule has 0 aliphatic rings. The van der Waals surface area contributed by atoms with Crippen LogP contribution in [0.2, 0.25) is 0 Å². The second-order valence-corrected chi connectivity index (χ2v) is 5.62. The van der Waals surface area contributed by atoms with Gasteiger partial charge in [-0.3, -0.25) is 9.48 Å². The zero-order valence-corrected chi connectivity index (χ0v) is 12.0. The van der Waals surface area contributed by atoms with E-state index >= 15 is 0 Å². The minimum absolute atomic E-state index is 0.0887. The monoisotopic (exact) mass is 290 g/mol. The van der Waals surface area contributed by atoms with Crippen LogP contribution in [-0.2, 0) is 11.3 Å². The first-order valence-electron chi connectivity index (χ1n) is 6.22. The van der Waals surface area contributed by atoms with Crippen molar-refractivity contribution in [2.45, 2.75) is 26.4 Å². The van der Waals surface area contributed by atoms with Gasteiger partial charge in [-0.15, -0.1) is 0 Å². The second kappa shape index (κ2) is 5.04. The fraction of sp³-hybridized carbons (Fsp3) is 0.333. The number of hydrogen-bond donors (Lipinski definition) is 1. The van der Waals surface area contributed by atoms with Gasteiger partial charge in [-0.25, -0.2) is 9.50 Å². The molecule has 1 atom stereocenters. The molecule has 3 aromatic heterocycles. The summed E-state index contributed by atoms with van der Waals surface area (Å²) >= 11 is 1.53. The number of carbonyl (C=O) groups excluding carboxylic acids is 1. The molecule has 3 aromatic rings. The van der Waals surface area contributed by atoms with E-state index in [9.17, 15) is 4.79 Å². The number of rotatable bonds is 4. The van der Waals surface area contributed by atoms with Crippen LogP contribution in [0.25, 0.3) is 4.96 Å². The summed E-state index contributed by atoms with van der Waals surface area (Å²) in [6.07, 6.45) is 5.25. The molecule has 0 aliphatic heterocycles. The Balaban J connectivity index is 1.63. The molecule has 0 saturated heterocycles. The number of imidazole rings is 1. The number of fused-ring (bicyclic) bond motifs is 1. The maximum atomic E-state index is 12.0. The van der Waals surface area contributed by atoms with E-state index in [1.165, 1.54) is 11.3 Å². The third-order valence-electron chi connectivity index (χ3n) is 2.94. The first-order valence-corrected chi connectivity index (χ1v) is 7.03. The Morgan fingerprint density at radius 3 is 3.10 bits per heavy atom. The molecule has 0 saturated carbocycles. The summed E-state index contributed by atoms with van der Waals surface area (Å²) in [6.45, 7) is 4.13. The highest BCUT2D eigenvalue weighted by Crippen LogP contribution is 2.13. The average Bonchev–Trinajstić information content (AvgIpc) is 3.10. The van der Waals surface area contributed by atoms with Crippen molar-refractivity contribution in [2.24, 2.45) is 0 Å². The van der Waals surface area contributed by atoms with E-state index in [1.54, 1.807) is 34.6 Å². The maximum absolute atomic E-state index is 12.0. The lowest BCUT2D eigenvalue weighted by atomic mass is 10.3. The Labute approximate surface area is 119 Å². The summed E-state index contributed by atoms with van der Waals surface area (Å²) in [5, 5.41) is 12.2. The first kappa shape index (κ1) is 12.8. The average molecular weight is 290 g/mol. The van der Waals surface area contributed by atoms with Gasteiger partial charge < -0.3 is 5.32 Å². The first-order chi connectivity index (χ1) is 9.63. The van der Waals surface area contributed by atoms with Crippen LogP contribution < -0.4 is 5.32 Å². The molecule has 1 amide bonds. The standard InChI is InChI=1S/C12H14N6OS/c1-8(17-5-3-4-14-17)11(19)13-6-10-7-18-12(15-10)20-9(2)16-18/h3-5,7-8H,6H2,1-2H3,(H,13,19). The lowest BCUT2D eigenvalue weighted by molar-refractivity contribution is -0.124. The number of aromatic nitrogens is 5. The zero-order valence-electron chi connectivity index (χ0n) is 11.1. The molecule has 0 bridgehead atoms. The molecule has 20 heavy (non-hydrogen) atoms. The van der Waals surface area contributed by atoms with E-state index in [4.69, 9.17) is 0 Å². The minimum Gasteiger partial charge on any atom is -0.349 e. The van der Waals surface area contributed by atoms with Gasteiger partial charge in [-0.1, -0.05) is 11.3 Å². The van der Waals surface area contributed by atoms with Crippen LogP contribution in [-0.4, -0.2) is 30.3 Å². The maximum Gasteiger partial charge on any atom is 0.244 e. The molecule has 1 N–H and O–H groups in total. The van der Waals surface area contributed by atoms with Crippen LogP contribution in [0.3, 0.4) is 0 Å². The summed E-state index contributed by atoms with van der Waals surface area (Å²) < 4.78 is 3.35. The number of nitrogens with one attached hydrogen (secondary N) is 1. The lowest BCUT2D eigenvalue weighted by Gasteiger charge is -2.11. The zero-order chi connectivity index (χ0) is 14.1. The predicted octanol–water partition coefficient (Wildman–Crippen LogP) is 1.17. The Bertz CT molecular complexity index is 697. The summed E-state index contributed by atoms with van der Waals surface area (Å²) in [5.74, 6) is -0.0887. The van der Waals surface area contributed by atoms with Crippen molar-refractivity contribution in [3.05, 3.63) is 35.4 Å². The topological polar surface area (TPSA) is 77.1 Å². The van der Waals surface area contributed by atoms with Gasteiger partial charge >= 0.3 is 0 Å². The fourth-order valence-electron chi connectivity index (χ4n) is 1.89. The van der Waals surface area contributed by atoms with Crippen LogP contribution in [0.5, 0.6) is 0 Å². The Hall–Kier alpha value is -2.22. The number of nitrogens with zero attached hydrogens (tertiary/aromatic N) is 5. The molecule has 3 rings (SSSR count). The van der Waals surface area contributed by atoms with Crippen molar-refractivity contribution >= 4 is 22.2 Å². The molecule has 3 heterocycles. The van der Waals surface area contributed by atoms with Crippen molar-refractivity contribution in [1.82, 2.24) is 29.7 Å².